The molecule has 3 rings (SSSR count). The van der Waals surface area contributed by atoms with E-state index in [4.69, 9.17) is 0 Å². The van der Waals surface area contributed by atoms with E-state index in [0.29, 0.717) is 5.57 Å². The SMILES string of the molecule is CCc1cc(/C=C2\C(=O)C=Cc3ccccc32)c(O)s1. The molecule has 0 spiro atoms. The minimum atomic E-state index is -0.0210. The van der Waals surface area contributed by atoms with Crippen LogP contribution in [0.1, 0.15) is 28.5 Å². The predicted molar refractivity (Wildman–Crippen MR) is 83.7 cm³/mol. The molecule has 1 N–H and O–H groups in total. The van der Waals surface area contributed by atoms with Crippen LogP contribution in [0.25, 0.3) is 17.7 Å². The highest BCUT2D eigenvalue weighted by Crippen LogP contribution is 2.35. The molecule has 2 nitrogen and oxygen atoms in total. The summed E-state index contributed by atoms with van der Waals surface area (Å²) in [6.07, 6.45) is 6.08. The van der Waals surface area contributed by atoms with Crippen LogP contribution in [0.15, 0.2) is 36.4 Å². The second-order valence-corrected chi connectivity index (χ2v) is 5.78. The van der Waals surface area contributed by atoms with Gasteiger partial charge in [0.1, 0.15) is 0 Å². The molecule has 0 atom stereocenters. The van der Waals surface area contributed by atoms with E-state index in [2.05, 4.69) is 0 Å². The Morgan fingerprint density at radius 1 is 1.25 bits per heavy atom. The molecule has 0 bridgehead atoms. The van der Waals surface area contributed by atoms with Gasteiger partial charge in [0.05, 0.1) is 0 Å². The van der Waals surface area contributed by atoms with Gasteiger partial charge in [0.25, 0.3) is 0 Å². The van der Waals surface area contributed by atoms with Crippen LogP contribution in [0.2, 0.25) is 0 Å². The number of benzene rings is 1. The highest BCUT2D eigenvalue weighted by molar-refractivity contribution is 7.14. The second-order valence-electron chi connectivity index (χ2n) is 4.67. The molecule has 0 aliphatic heterocycles. The number of rotatable bonds is 2. The molecule has 1 aromatic carbocycles. The lowest BCUT2D eigenvalue weighted by molar-refractivity contribution is -0.109. The van der Waals surface area contributed by atoms with E-state index >= 15 is 0 Å². The van der Waals surface area contributed by atoms with Gasteiger partial charge in [-0.25, -0.2) is 0 Å². The van der Waals surface area contributed by atoms with Crippen LogP contribution in [-0.4, -0.2) is 10.9 Å². The topological polar surface area (TPSA) is 37.3 Å². The summed E-state index contributed by atoms with van der Waals surface area (Å²) < 4.78 is 0. The van der Waals surface area contributed by atoms with Gasteiger partial charge >= 0.3 is 0 Å². The second kappa shape index (κ2) is 5.10. The summed E-state index contributed by atoms with van der Waals surface area (Å²) in [7, 11) is 0. The number of carbonyl (C=O) groups is 1. The van der Waals surface area contributed by atoms with Gasteiger partial charge in [-0.15, -0.1) is 11.3 Å². The summed E-state index contributed by atoms with van der Waals surface area (Å²) in [5, 5.41) is 10.2. The van der Waals surface area contributed by atoms with Gasteiger partial charge in [-0.3, -0.25) is 4.79 Å². The third-order valence-corrected chi connectivity index (χ3v) is 4.47. The number of hydrogen-bond donors (Lipinski definition) is 1. The Kier molecular flexibility index (Phi) is 3.28. The summed E-state index contributed by atoms with van der Waals surface area (Å²) in [4.78, 5) is 13.2. The molecule has 0 saturated heterocycles. The van der Waals surface area contributed by atoms with Crippen molar-refractivity contribution in [3.05, 3.63) is 58.0 Å². The quantitative estimate of drug-likeness (QED) is 0.840. The van der Waals surface area contributed by atoms with E-state index in [0.717, 1.165) is 28.0 Å². The molecule has 1 aliphatic rings. The van der Waals surface area contributed by atoms with Gasteiger partial charge in [-0.05, 0) is 35.8 Å². The van der Waals surface area contributed by atoms with Crippen molar-refractivity contribution in [3.63, 3.8) is 0 Å². The van der Waals surface area contributed by atoms with Crippen molar-refractivity contribution >= 4 is 34.8 Å². The van der Waals surface area contributed by atoms with Gasteiger partial charge in [0, 0.05) is 16.0 Å². The Hall–Kier alpha value is -2.13. The molecular weight excluding hydrogens is 268 g/mol. The fourth-order valence-electron chi connectivity index (χ4n) is 2.31. The molecule has 100 valence electrons. The zero-order valence-electron chi connectivity index (χ0n) is 11.1. The average molecular weight is 282 g/mol. The molecule has 0 radical (unpaired) electrons. The number of carbonyl (C=O) groups excluding carboxylic acids is 1. The van der Waals surface area contributed by atoms with Gasteiger partial charge in [-0.1, -0.05) is 37.3 Å². The smallest absolute Gasteiger partial charge is 0.186 e. The van der Waals surface area contributed by atoms with Crippen molar-refractivity contribution in [2.75, 3.05) is 0 Å². The summed E-state index contributed by atoms with van der Waals surface area (Å²) in [6.45, 7) is 2.05. The van der Waals surface area contributed by atoms with Crippen molar-refractivity contribution < 1.29 is 9.90 Å². The van der Waals surface area contributed by atoms with E-state index in [1.807, 2.05) is 43.3 Å². The Balaban J connectivity index is 2.12. The molecular formula is C17H14O2S. The number of thiophene rings is 1. The first-order chi connectivity index (χ1) is 9.69. The van der Waals surface area contributed by atoms with Crippen molar-refractivity contribution in [1.82, 2.24) is 0 Å². The molecule has 2 aromatic rings. The Bertz CT molecular complexity index is 735. The lowest BCUT2D eigenvalue weighted by Crippen LogP contribution is -2.04. The molecule has 1 aliphatic carbocycles. The molecule has 3 heteroatoms. The van der Waals surface area contributed by atoms with Crippen LogP contribution in [-0.2, 0) is 11.2 Å². The van der Waals surface area contributed by atoms with Crippen LogP contribution in [0.4, 0.5) is 0 Å². The summed E-state index contributed by atoms with van der Waals surface area (Å²) in [5.41, 5.74) is 3.31. The van der Waals surface area contributed by atoms with Crippen LogP contribution in [0.3, 0.4) is 0 Å². The first-order valence-electron chi connectivity index (χ1n) is 6.54. The third kappa shape index (κ3) is 2.21. The first kappa shape index (κ1) is 12.9. The molecule has 1 heterocycles. The molecule has 0 amide bonds. The number of ketones is 1. The number of aryl methyl sites for hydroxylation is 1. The average Bonchev–Trinajstić information content (AvgIpc) is 2.82. The molecule has 20 heavy (non-hydrogen) atoms. The van der Waals surface area contributed by atoms with Crippen LogP contribution >= 0.6 is 11.3 Å². The first-order valence-corrected chi connectivity index (χ1v) is 7.36. The molecule has 0 fully saturated rings. The normalized spacial score (nSPS) is 15.7. The zero-order chi connectivity index (χ0) is 14.1. The summed E-state index contributed by atoms with van der Waals surface area (Å²) >= 11 is 1.37. The number of hydrogen-bond acceptors (Lipinski definition) is 3. The maximum Gasteiger partial charge on any atom is 0.186 e. The molecule has 1 aromatic heterocycles. The maximum absolute atomic E-state index is 12.1. The molecule has 0 saturated carbocycles. The minimum absolute atomic E-state index is 0.0210. The largest absolute Gasteiger partial charge is 0.499 e. The lowest BCUT2D eigenvalue weighted by atomic mass is 9.90. The van der Waals surface area contributed by atoms with Crippen LogP contribution in [0.5, 0.6) is 5.06 Å². The molecule has 0 unspecified atom stereocenters. The van der Waals surface area contributed by atoms with E-state index < -0.39 is 0 Å². The number of allylic oxidation sites excluding steroid dienone is 2. The number of aromatic hydroxyl groups is 1. The Morgan fingerprint density at radius 2 is 2.05 bits per heavy atom. The van der Waals surface area contributed by atoms with Crippen LogP contribution in [0, 0.1) is 0 Å². The Morgan fingerprint density at radius 3 is 2.80 bits per heavy atom. The van der Waals surface area contributed by atoms with Gasteiger partial charge in [-0.2, -0.15) is 0 Å². The summed E-state index contributed by atoms with van der Waals surface area (Å²) in [5.74, 6) is -0.0210. The zero-order valence-corrected chi connectivity index (χ0v) is 11.9. The monoisotopic (exact) mass is 282 g/mol. The Labute approximate surface area is 121 Å². The van der Waals surface area contributed by atoms with E-state index in [1.165, 1.54) is 11.3 Å². The summed E-state index contributed by atoms with van der Waals surface area (Å²) in [6, 6.07) is 9.74. The van der Waals surface area contributed by atoms with Gasteiger partial charge in [0.2, 0.25) is 0 Å². The highest BCUT2D eigenvalue weighted by atomic mass is 32.1. The van der Waals surface area contributed by atoms with Gasteiger partial charge < -0.3 is 5.11 Å². The highest BCUT2D eigenvalue weighted by Gasteiger charge is 2.17. The third-order valence-electron chi connectivity index (χ3n) is 3.37. The van der Waals surface area contributed by atoms with Crippen LogP contribution < -0.4 is 0 Å². The van der Waals surface area contributed by atoms with Crippen molar-refractivity contribution in [2.45, 2.75) is 13.3 Å². The minimum Gasteiger partial charge on any atom is -0.499 e. The maximum atomic E-state index is 12.1. The standard InChI is InChI=1S/C17H14O2S/c1-2-13-9-12(17(19)20-13)10-15-14-6-4-3-5-11(14)7-8-16(15)18/h3-10,19H,2H2,1H3/b15-10-. The van der Waals surface area contributed by atoms with E-state index in [9.17, 15) is 9.90 Å². The predicted octanol–water partition coefficient (Wildman–Crippen LogP) is 4.15. The van der Waals surface area contributed by atoms with E-state index in [1.54, 1.807) is 12.2 Å². The van der Waals surface area contributed by atoms with Crippen molar-refractivity contribution in [2.24, 2.45) is 0 Å². The van der Waals surface area contributed by atoms with Crippen molar-refractivity contribution in [1.29, 1.82) is 0 Å². The van der Waals surface area contributed by atoms with Crippen molar-refractivity contribution in [3.8, 4) is 5.06 Å². The lowest BCUT2D eigenvalue weighted by Gasteiger charge is -2.12. The van der Waals surface area contributed by atoms with Gasteiger partial charge in [0.15, 0.2) is 10.8 Å². The van der Waals surface area contributed by atoms with E-state index in [-0.39, 0.29) is 10.8 Å². The fraction of sp³-hybridized carbons (Fsp3) is 0.118. The fourth-order valence-corrected chi connectivity index (χ4v) is 3.12. The number of fused-ring (bicyclic) bond motifs is 1.